The Bertz CT molecular complexity index is 1170. The summed E-state index contributed by atoms with van der Waals surface area (Å²) < 4.78 is 0. The van der Waals surface area contributed by atoms with Crippen LogP contribution in [0, 0.1) is 6.92 Å². The first-order chi connectivity index (χ1) is 16.1. The number of nitrogens with one attached hydrogen (secondary N) is 4. The molecule has 0 radical (unpaired) electrons. The minimum absolute atomic E-state index is 0.0517. The average Bonchev–Trinajstić information content (AvgIpc) is 3.28. The van der Waals surface area contributed by atoms with Crippen molar-refractivity contribution < 1.29 is 4.79 Å². The van der Waals surface area contributed by atoms with Gasteiger partial charge in [0.2, 0.25) is 0 Å². The molecule has 0 saturated carbocycles. The molecule has 0 unspecified atom stereocenters. The third kappa shape index (κ3) is 6.15. The topological polar surface area (TPSA) is 78.1 Å². The van der Waals surface area contributed by atoms with Crippen LogP contribution in [-0.2, 0) is 4.79 Å². The van der Waals surface area contributed by atoms with E-state index in [1.165, 1.54) is 11.3 Å². The van der Waals surface area contributed by atoms with Gasteiger partial charge in [0.05, 0.1) is 17.1 Å². The van der Waals surface area contributed by atoms with Crippen molar-refractivity contribution in [1.82, 2.24) is 15.8 Å². The number of hydrazine groups is 1. The van der Waals surface area contributed by atoms with Gasteiger partial charge in [0.25, 0.3) is 5.91 Å². The van der Waals surface area contributed by atoms with E-state index in [-0.39, 0.29) is 12.5 Å². The number of thiazole rings is 1. The van der Waals surface area contributed by atoms with Crippen molar-refractivity contribution in [2.24, 2.45) is 0 Å². The van der Waals surface area contributed by atoms with Crippen LogP contribution in [-0.4, -0.2) is 22.5 Å². The molecule has 0 aliphatic heterocycles. The van der Waals surface area contributed by atoms with Gasteiger partial charge in [-0.15, -0.1) is 0 Å². The van der Waals surface area contributed by atoms with Crippen LogP contribution in [0.5, 0.6) is 0 Å². The average molecular weight is 474 g/mol. The lowest BCUT2D eigenvalue weighted by Gasteiger charge is -2.12. The maximum Gasteiger partial charge on any atom is 0.257 e. The van der Waals surface area contributed by atoms with Crippen molar-refractivity contribution in [2.45, 2.75) is 6.92 Å². The molecule has 1 amide bonds. The molecular weight excluding hydrogens is 450 g/mol. The SMILES string of the molecule is Cc1ccc(NC(=S)NNC(=O)CNc2nc(-c3ccccc3)c(-c3ccccc3)s2)cc1. The predicted octanol–water partition coefficient (Wildman–Crippen LogP) is 5.22. The van der Waals surface area contributed by atoms with Gasteiger partial charge in [0.1, 0.15) is 0 Å². The number of rotatable bonds is 6. The van der Waals surface area contributed by atoms with E-state index in [0.29, 0.717) is 10.2 Å². The number of carbonyl (C=O) groups excluding carboxylic acids is 1. The molecule has 0 atom stereocenters. The molecule has 4 rings (SSSR count). The van der Waals surface area contributed by atoms with Gasteiger partial charge < -0.3 is 10.6 Å². The second-order valence-electron chi connectivity index (χ2n) is 7.28. The lowest BCUT2D eigenvalue weighted by molar-refractivity contribution is -0.119. The zero-order valence-electron chi connectivity index (χ0n) is 18.0. The Balaban J connectivity index is 1.37. The monoisotopic (exact) mass is 473 g/mol. The number of carbonyl (C=O) groups is 1. The van der Waals surface area contributed by atoms with Gasteiger partial charge in [-0.2, -0.15) is 0 Å². The zero-order chi connectivity index (χ0) is 23.0. The summed E-state index contributed by atoms with van der Waals surface area (Å²) in [6.07, 6.45) is 0. The third-order valence-corrected chi connectivity index (χ3v) is 6.00. The minimum atomic E-state index is -0.263. The number of benzene rings is 3. The third-order valence-electron chi connectivity index (χ3n) is 4.74. The van der Waals surface area contributed by atoms with Crippen molar-refractivity contribution in [3.63, 3.8) is 0 Å². The minimum Gasteiger partial charge on any atom is -0.352 e. The first-order valence-electron chi connectivity index (χ1n) is 10.4. The summed E-state index contributed by atoms with van der Waals surface area (Å²) in [5.74, 6) is -0.263. The number of aryl methyl sites for hydroxylation is 1. The van der Waals surface area contributed by atoms with Gasteiger partial charge in [0.15, 0.2) is 10.2 Å². The molecule has 4 aromatic rings. The highest BCUT2D eigenvalue weighted by Crippen LogP contribution is 2.38. The van der Waals surface area contributed by atoms with Gasteiger partial charge in [-0.05, 0) is 36.8 Å². The predicted molar refractivity (Wildman–Crippen MR) is 140 cm³/mol. The fourth-order valence-corrected chi connectivity index (χ4v) is 4.26. The lowest BCUT2D eigenvalue weighted by Crippen LogP contribution is -2.45. The fourth-order valence-electron chi connectivity index (χ4n) is 3.10. The summed E-state index contributed by atoms with van der Waals surface area (Å²) in [4.78, 5) is 18.1. The molecule has 0 fully saturated rings. The zero-order valence-corrected chi connectivity index (χ0v) is 19.6. The largest absolute Gasteiger partial charge is 0.352 e. The molecular formula is C25H23N5OS2. The number of aromatic nitrogens is 1. The van der Waals surface area contributed by atoms with E-state index < -0.39 is 0 Å². The van der Waals surface area contributed by atoms with Crippen molar-refractivity contribution >= 4 is 45.4 Å². The number of amides is 1. The Kier molecular flexibility index (Phi) is 7.29. The van der Waals surface area contributed by atoms with Gasteiger partial charge in [0, 0.05) is 11.3 Å². The standard InChI is InChI=1S/C25H23N5OS2/c1-17-12-14-20(15-13-17)27-24(32)30-29-21(31)16-26-25-28-22(18-8-4-2-5-9-18)23(33-25)19-10-6-3-7-11-19/h2-15H,16H2,1H3,(H,26,28)(H,29,31)(H2,27,30,32). The van der Waals surface area contributed by atoms with E-state index in [1.54, 1.807) is 0 Å². The number of hydrogen-bond acceptors (Lipinski definition) is 5. The van der Waals surface area contributed by atoms with E-state index >= 15 is 0 Å². The quantitative estimate of drug-likeness (QED) is 0.227. The van der Waals surface area contributed by atoms with Crippen LogP contribution in [0.3, 0.4) is 0 Å². The number of thiocarbonyl (C=S) groups is 1. The molecule has 8 heteroatoms. The van der Waals surface area contributed by atoms with Crippen LogP contribution in [0.15, 0.2) is 84.9 Å². The fraction of sp³-hybridized carbons (Fsp3) is 0.0800. The smallest absolute Gasteiger partial charge is 0.257 e. The van der Waals surface area contributed by atoms with Crippen LogP contribution in [0.1, 0.15) is 5.56 Å². The molecule has 0 saturated heterocycles. The summed E-state index contributed by atoms with van der Waals surface area (Å²) >= 11 is 6.74. The number of hydrogen-bond donors (Lipinski definition) is 4. The van der Waals surface area contributed by atoms with Crippen molar-refractivity contribution in [1.29, 1.82) is 0 Å². The van der Waals surface area contributed by atoms with E-state index in [4.69, 9.17) is 17.2 Å². The molecule has 33 heavy (non-hydrogen) atoms. The Morgan fingerprint density at radius 3 is 2.18 bits per heavy atom. The van der Waals surface area contributed by atoms with Crippen LogP contribution in [0.4, 0.5) is 10.8 Å². The number of nitrogens with zero attached hydrogens (tertiary/aromatic N) is 1. The van der Waals surface area contributed by atoms with Crippen LogP contribution < -0.4 is 21.5 Å². The van der Waals surface area contributed by atoms with Crippen LogP contribution in [0.25, 0.3) is 21.7 Å². The van der Waals surface area contributed by atoms with Crippen molar-refractivity contribution in [2.75, 3.05) is 17.2 Å². The van der Waals surface area contributed by atoms with Gasteiger partial charge >= 0.3 is 0 Å². The van der Waals surface area contributed by atoms with Gasteiger partial charge in [-0.3, -0.25) is 15.6 Å². The maximum atomic E-state index is 12.3. The van der Waals surface area contributed by atoms with Crippen molar-refractivity contribution in [3.05, 3.63) is 90.5 Å². The second-order valence-corrected chi connectivity index (χ2v) is 8.68. The highest BCUT2D eigenvalue weighted by atomic mass is 32.1. The molecule has 4 N–H and O–H groups in total. The summed E-state index contributed by atoms with van der Waals surface area (Å²) in [5.41, 5.74) is 10.3. The molecule has 0 spiro atoms. The molecule has 0 aliphatic carbocycles. The highest BCUT2D eigenvalue weighted by Gasteiger charge is 2.15. The number of anilines is 2. The molecule has 3 aromatic carbocycles. The molecule has 1 aromatic heterocycles. The van der Waals surface area contributed by atoms with Crippen LogP contribution >= 0.6 is 23.6 Å². The normalized spacial score (nSPS) is 10.3. The molecule has 0 aliphatic rings. The Morgan fingerprint density at radius 2 is 1.52 bits per heavy atom. The first kappa shape index (κ1) is 22.4. The van der Waals surface area contributed by atoms with E-state index in [0.717, 1.165) is 32.9 Å². The highest BCUT2D eigenvalue weighted by molar-refractivity contribution is 7.80. The van der Waals surface area contributed by atoms with Crippen molar-refractivity contribution in [3.8, 4) is 21.7 Å². The summed E-state index contributed by atoms with van der Waals surface area (Å²) in [6, 6.07) is 27.9. The van der Waals surface area contributed by atoms with Crippen LogP contribution in [0.2, 0.25) is 0 Å². The van der Waals surface area contributed by atoms with Gasteiger partial charge in [-0.25, -0.2) is 4.98 Å². The molecule has 6 nitrogen and oxygen atoms in total. The van der Waals surface area contributed by atoms with E-state index in [2.05, 4.69) is 33.6 Å². The second kappa shape index (κ2) is 10.7. The summed E-state index contributed by atoms with van der Waals surface area (Å²) in [5, 5.41) is 7.11. The molecule has 166 valence electrons. The van der Waals surface area contributed by atoms with E-state index in [1.807, 2.05) is 79.7 Å². The Labute approximate surface area is 202 Å². The Hall–Kier alpha value is -3.75. The summed E-state index contributed by atoms with van der Waals surface area (Å²) in [6.45, 7) is 2.07. The van der Waals surface area contributed by atoms with E-state index in [9.17, 15) is 4.79 Å². The summed E-state index contributed by atoms with van der Waals surface area (Å²) in [7, 11) is 0. The maximum absolute atomic E-state index is 12.3. The Morgan fingerprint density at radius 1 is 0.879 bits per heavy atom. The lowest BCUT2D eigenvalue weighted by atomic mass is 10.1. The molecule has 1 heterocycles. The van der Waals surface area contributed by atoms with Gasteiger partial charge in [-0.1, -0.05) is 89.7 Å². The molecule has 0 bridgehead atoms. The first-order valence-corrected chi connectivity index (χ1v) is 11.6.